The van der Waals surface area contributed by atoms with Gasteiger partial charge in [-0.3, -0.25) is 14.6 Å². The highest BCUT2D eigenvalue weighted by Crippen LogP contribution is 2.25. The number of carbonyl (C=O) groups is 1. The van der Waals surface area contributed by atoms with Gasteiger partial charge in [0.2, 0.25) is 5.91 Å². The van der Waals surface area contributed by atoms with Crippen molar-refractivity contribution < 1.29 is 9.90 Å². The van der Waals surface area contributed by atoms with Crippen molar-refractivity contribution in [1.29, 1.82) is 0 Å². The lowest BCUT2D eigenvalue weighted by Gasteiger charge is -2.41. The van der Waals surface area contributed by atoms with Gasteiger partial charge < -0.3 is 10.4 Å². The molecular formula is C17H33N3O2. The Balaban J connectivity index is 1.71. The maximum atomic E-state index is 12.1. The Morgan fingerprint density at radius 2 is 1.86 bits per heavy atom. The summed E-state index contributed by atoms with van der Waals surface area (Å²) in [5.74, 6) is 0.132. The number of hydrogen-bond donors (Lipinski definition) is 2. The van der Waals surface area contributed by atoms with Crippen molar-refractivity contribution in [2.75, 3.05) is 26.7 Å². The van der Waals surface area contributed by atoms with Crippen LogP contribution in [0.5, 0.6) is 0 Å². The van der Waals surface area contributed by atoms with Crippen LogP contribution in [0.15, 0.2) is 0 Å². The van der Waals surface area contributed by atoms with Crippen LogP contribution in [0.1, 0.15) is 52.4 Å². The molecule has 0 bridgehead atoms. The number of likely N-dealkylation sites (tertiary alicyclic amines) is 1. The molecule has 1 heterocycles. The summed E-state index contributed by atoms with van der Waals surface area (Å²) in [6.07, 6.45) is 6.31. The van der Waals surface area contributed by atoms with E-state index < -0.39 is 0 Å². The van der Waals surface area contributed by atoms with E-state index in [-0.39, 0.29) is 12.0 Å². The molecule has 0 aromatic heterocycles. The number of aliphatic hydroxyl groups is 1. The lowest BCUT2D eigenvalue weighted by Crippen LogP contribution is -2.53. The van der Waals surface area contributed by atoms with Crippen molar-refractivity contribution in [3.8, 4) is 0 Å². The van der Waals surface area contributed by atoms with E-state index in [9.17, 15) is 9.90 Å². The molecule has 0 radical (unpaired) electrons. The first kappa shape index (κ1) is 17.7. The summed E-state index contributed by atoms with van der Waals surface area (Å²) in [4.78, 5) is 16.6. The zero-order valence-corrected chi connectivity index (χ0v) is 14.4. The molecule has 1 amide bonds. The molecule has 2 aliphatic rings. The molecule has 2 N–H and O–H groups in total. The molecular weight excluding hydrogens is 278 g/mol. The number of piperidine rings is 1. The molecule has 2 unspecified atom stereocenters. The second-order valence-corrected chi connectivity index (χ2v) is 7.31. The molecule has 1 saturated carbocycles. The molecule has 5 heteroatoms. The number of aliphatic hydroxyl groups excluding tert-OH is 1. The summed E-state index contributed by atoms with van der Waals surface area (Å²) in [5.41, 5.74) is 0. The highest BCUT2D eigenvalue weighted by molar-refractivity contribution is 5.78. The molecule has 0 aromatic carbocycles. The minimum atomic E-state index is -0.153. The van der Waals surface area contributed by atoms with Crippen LogP contribution in [0.3, 0.4) is 0 Å². The second-order valence-electron chi connectivity index (χ2n) is 7.31. The Hall–Kier alpha value is -0.650. The van der Waals surface area contributed by atoms with Gasteiger partial charge in [0.25, 0.3) is 0 Å². The molecule has 1 aliphatic carbocycles. The van der Waals surface area contributed by atoms with Crippen LogP contribution in [-0.4, -0.2) is 71.7 Å². The van der Waals surface area contributed by atoms with Crippen molar-refractivity contribution in [2.24, 2.45) is 0 Å². The third-order valence-corrected chi connectivity index (χ3v) is 5.33. The van der Waals surface area contributed by atoms with Gasteiger partial charge in [0, 0.05) is 31.2 Å². The maximum absolute atomic E-state index is 12.1. The molecule has 0 aromatic rings. The van der Waals surface area contributed by atoms with E-state index in [0.717, 1.165) is 45.2 Å². The highest BCUT2D eigenvalue weighted by Gasteiger charge is 2.31. The average Bonchev–Trinajstić information content (AvgIpc) is 2.48. The van der Waals surface area contributed by atoms with Crippen LogP contribution in [0.2, 0.25) is 0 Å². The predicted octanol–water partition coefficient (Wildman–Crippen LogP) is 1.21. The molecule has 22 heavy (non-hydrogen) atoms. The number of nitrogens with zero attached hydrogens (tertiary/aromatic N) is 2. The van der Waals surface area contributed by atoms with Crippen molar-refractivity contribution in [2.45, 2.75) is 76.6 Å². The first-order chi connectivity index (χ1) is 10.5. The van der Waals surface area contributed by atoms with Gasteiger partial charge in [-0.1, -0.05) is 12.8 Å². The van der Waals surface area contributed by atoms with Crippen LogP contribution in [0.4, 0.5) is 0 Å². The number of nitrogens with one attached hydrogen (secondary N) is 1. The van der Waals surface area contributed by atoms with Crippen LogP contribution < -0.4 is 5.32 Å². The van der Waals surface area contributed by atoms with Crippen LogP contribution in [0, 0.1) is 0 Å². The van der Waals surface area contributed by atoms with Gasteiger partial charge >= 0.3 is 0 Å². The normalized spacial score (nSPS) is 28.3. The summed E-state index contributed by atoms with van der Waals surface area (Å²) in [5, 5.41) is 13.3. The van der Waals surface area contributed by atoms with Gasteiger partial charge in [0.15, 0.2) is 0 Å². The lowest BCUT2D eigenvalue weighted by atomic mass is 9.89. The average molecular weight is 311 g/mol. The fourth-order valence-corrected chi connectivity index (χ4v) is 3.58. The molecule has 2 atom stereocenters. The van der Waals surface area contributed by atoms with Gasteiger partial charge in [-0.2, -0.15) is 0 Å². The number of carbonyl (C=O) groups excluding carboxylic acids is 1. The van der Waals surface area contributed by atoms with Gasteiger partial charge in [0.05, 0.1) is 12.6 Å². The number of amides is 1. The molecule has 1 saturated heterocycles. The molecule has 0 spiro atoms. The smallest absolute Gasteiger partial charge is 0.234 e. The molecule has 1 aliphatic heterocycles. The number of likely N-dealkylation sites (N-methyl/N-ethyl adjacent to an activating group) is 1. The third-order valence-electron chi connectivity index (χ3n) is 5.33. The fraction of sp³-hybridized carbons (Fsp3) is 0.941. The van der Waals surface area contributed by atoms with Crippen molar-refractivity contribution in [3.63, 3.8) is 0 Å². The maximum Gasteiger partial charge on any atom is 0.234 e. The van der Waals surface area contributed by atoms with Crippen molar-refractivity contribution in [1.82, 2.24) is 15.1 Å². The quantitative estimate of drug-likeness (QED) is 0.801. The summed E-state index contributed by atoms with van der Waals surface area (Å²) >= 11 is 0. The second kappa shape index (κ2) is 8.27. The van der Waals surface area contributed by atoms with E-state index in [1.807, 2.05) is 7.05 Å². The monoisotopic (exact) mass is 311 g/mol. The van der Waals surface area contributed by atoms with Crippen LogP contribution >= 0.6 is 0 Å². The molecule has 2 fully saturated rings. The zero-order valence-electron chi connectivity index (χ0n) is 14.4. The summed E-state index contributed by atoms with van der Waals surface area (Å²) < 4.78 is 0. The number of rotatable bonds is 5. The molecule has 5 nitrogen and oxygen atoms in total. The topological polar surface area (TPSA) is 55.8 Å². The summed E-state index contributed by atoms with van der Waals surface area (Å²) in [6, 6.07) is 1.03. The first-order valence-corrected chi connectivity index (χ1v) is 8.89. The Bertz CT molecular complexity index is 354. The van der Waals surface area contributed by atoms with E-state index >= 15 is 0 Å². The van der Waals surface area contributed by atoms with Gasteiger partial charge in [-0.25, -0.2) is 0 Å². The van der Waals surface area contributed by atoms with Crippen LogP contribution in [-0.2, 0) is 4.79 Å². The molecule has 128 valence electrons. The number of hydrogen-bond acceptors (Lipinski definition) is 4. The minimum absolute atomic E-state index is 0.132. The van der Waals surface area contributed by atoms with Crippen LogP contribution in [0.25, 0.3) is 0 Å². The summed E-state index contributed by atoms with van der Waals surface area (Å²) in [6.45, 7) is 6.65. The van der Waals surface area contributed by atoms with E-state index in [1.165, 1.54) is 6.42 Å². The van der Waals surface area contributed by atoms with E-state index in [1.54, 1.807) is 0 Å². The van der Waals surface area contributed by atoms with E-state index in [0.29, 0.717) is 24.7 Å². The fourth-order valence-electron chi connectivity index (χ4n) is 3.58. The Morgan fingerprint density at radius 1 is 1.23 bits per heavy atom. The standard InChI is InChI=1S/C17H33N3O2/c1-13(2)19(3)12-17(22)18-14-8-10-20(11-9-14)15-6-4-5-7-16(15)21/h13-16,21H,4-12H2,1-3H3,(H,18,22). The van der Waals surface area contributed by atoms with Gasteiger partial charge in [-0.05, 0) is 46.6 Å². The first-order valence-electron chi connectivity index (χ1n) is 8.89. The highest BCUT2D eigenvalue weighted by atomic mass is 16.3. The van der Waals surface area contributed by atoms with E-state index in [2.05, 4.69) is 29.0 Å². The largest absolute Gasteiger partial charge is 0.391 e. The molecule has 2 rings (SSSR count). The third kappa shape index (κ3) is 4.93. The lowest BCUT2D eigenvalue weighted by molar-refractivity contribution is -0.123. The van der Waals surface area contributed by atoms with Gasteiger partial charge in [0.1, 0.15) is 0 Å². The predicted molar refractivity (Wildman–Crippen MR) is 88.8 cm³/mol. The Kier molecular flexibility index (Phi) is 6.66. The Labute approximate surface area is 135 Å². The Morgan fingerprint density at radius 3 is 2.45 bits per heavy atom. The minimum Gasteiger partial charge on any atom is -0.391 e. The zero-order chi connectivity index (χ0) is 16.1. The van der Waals surface area contributed by atoms with Crippen molar-refractivity contribution in [3.05, 3.63) is 0 Å². The summed E-state index contributed by atoms with van der Waals surface area (Å²) in [7, 11) is 1.98. The van der Waals surface area contributed by atoms with E-state index in [4.69, 9.17) is 0 Å². The van der Waals surface area contributed by atoms with Gasteiger partial charge in [-0.15, -0.1) is 0 Å². The van der Waals surface area contributed by atoms with Crippen molar-refractivity contribution >= 4 is 5.91 Å². The SMILES string of the molecule is CC(C)N(C)CC(=O)NC1CCN(C2CCCCC2O)CC1.